The lowest BCUT2D eigenvalue weighted by molar-refractivity contribution is 0.0962. The lowest BCUT2D eigenvalue weighted by Crippen LogP contribution is -2.30. The van der Waals surface area contributed by atoms with Crippen LogP contribution in [0.25, 0.3) is 0 Å². The standard InChI is InChI=1S/C14H17ClN6O/c1-8(2)19-12-11(16)13(18-7-17-12)20-21-14(22)9-3-5-10(15)6-4-9/h3-8H,16H2,1-2H3,(H,21,22)(H2,17,18,19,20). The minimum atomic E-state index is -0.326. The smallest absolute Gasteiger partial charge is 0.269 e. The highest BCUT2D eigenvalue weighted by atomic mass is 35.5. The van der Waals surface area contributed by atoms with Crippen LogP contribution in [-0.4, -0.2) is 21.9 Å². The summed E-state index contributed by atoms with van der Waals surface area (Å²) in [5, 5.41) is 3.66. The SMILES string of the molecule is CC(C)Nc1ncnc(NNC(=O)c2ccc(Cl)cc2)c1N. The molecular formula is C14H17ClN6O. The molecular weight excluding hydrogens is 304 g/mol. The average Bonchev–Trinajstić information content (AvgIpc) is 2.48. The van der Waals surface area contributed by atoms with E-state index >= 15 is 0 Å². The van der Waals surface area contributed by atoms with Crippen LogP contribution in [0.5, 0.6) is 0 Å². The van der Waals surface area contributed by atoms with Gasteiger partial charge in [0, 0.05) is 16.6 Å². The molecule has 0 radical (unpaired) electrons. The van der Waals surface area contributed by atoms with Crippen LogP contribution in [0.2, 0.25) is 5.02 Å². The van der Waals surface area contributed by atoms with Crippen LogP contribution in [0, 0.1) is 0 Å². The number of halogens is 1. The molecule has 1 heterocycles. The second kappa shape index (κ2) is 6.95. The first-order valence-corrected chi connectivity index (χ1v) is 7.04. The topological polar surface area (TPSA) is 105 Å². The summed E-state index contributed by atoms with van der Waals surface area (Å²) in [4.78, 5) is 20.0. The zero-order valence-corrected chi connectivity index (χ0v) is 13.0. The number of aromatic nitrogens is 2. The van der Waals surface area contributed by atoms with Gasteiger partial charge in [0.2, 0.25) is 0 Å². The molecule has 0 fully saturated rings. The van der Waals surface area contributed by atoms with Crippen molar-refractivity contribution in [3.05, 3.63) is 41.2 Å². The predicted octanol–water partition coefficient (Wildman–Crippen LogP) is 2.29. The zero-order chi connectivity index (χ0) is 16.1. The molecule has 0 saturated heterocycles. The number of anilines is 3. The molecule has 1 aromatic heterocycles. The highest BCUT2D eigenvalue weighted by Gasteiger charge is 2.10. The molecule has 0 saturated carbocycles. The van der Waals surface area contributed by atoms with Crippen LogP contribution in [0.1, 0.15) is 24.2 Å². The first-order valence-electron chi connectivity index (χ1n) is 6.66. The Hall–Kier alpha value is -2.54. The molecule has 8 heteroatoms. The number of nitrogen functional groups attached to an aromatic ring is 1. The van der Waals surface area contributed by atoms with E-state index in [1.807, 2.05) is 13.8 Å². The van der Waals surface area contributed by atoms with E-state index in [1.165, 1.54) is 6.33 Å². The summed E-state index contributed by atoms with van der Waals surface area (Å²) in [7, 11) is 0. The summed E-state index contributed by atoms with van der Waals surface area (Å²) in [6.45, 7) is 3.94. The van der Waals surface area contributed by atoms with E-state index < -0.39 is 0 Å². The number of benzene rings is 1. The average molecular weight is 321 g/mol. The number of nitrogens with two attached hydrogens (primary N) is 1. The van der Waals surface area contributed by atoms with Crippen LogP contribution in [0.4, 0.5) is 17.3 Å². The van der Waals surface area contributed by atoms with E-state index in [-0.39, 0.29) is 11.9 Å². The first kappa shape index (κ1) is 15.8. The van der Waals surface area contributed by atoms with Gasteiger partial charge < -0.3 is 11.1 Å². The van der Waals surface area contributed by atoms with Crippen LogP contribution in [0.3, 0.4) is 0 Å². The van der Waals surface area contributed by atoms with E-state index in [4.69, 9.17) is 17.3 Å². The van der Waals surface area contributed by atoms with Crippen LogP contribution in [-0.2, 0) is 0 Å². The third-order valence-corrected chi connectivity index (χ3v) is 2.96. The van der Waals surface area contributed by atoms with Crippen molar-refractivity contribution in [2.75, 3.05) is 16.5 Å². The summed E-state index contributed by atoms with van der Waals surface area (Å²) in [6, 6.07) is 6.69. The van der Waals surface area contributed by atoms with Crippen molar-refractivity contribution in [2.45, 2.75) is 19.9 Å². The highest BCUT2D eigenvalue weighted by molar-refractivity contribution is 6.30. The number of rotatable bonds is 5. The number of hydrogen-bond donors (Lipinski definition) is 4. The summed E-state index contributed by atoms with van der Waals surface area (Å²) in [5.74, 6) is 0.502. The number of nitrogens with zero attached hydrogens (tertiary/aromatic N) is 2. The lowest BCUT2D eigenvalue weighted by atomic mass is 10.2. The van der Waals surface area contributed by atoms with Crippen molar-refractivity contribution in [1.29, 1.82) is 0 Å². The molecule has 2 rings (SSSR count). The molecule has 0 aliphatic rings. The molecule has 22 heavy (non-hydrogen) atoms. The van der Waals surface area contributed by atoms with Gasteiger partial charge in [-0.1, -0.05) is 11.6 Å². The largest absolute Gasteiger partial charge is 0.393 e. The fraction of sp³-hybridized carbons (Fsp3) is 0.214. The second-order valence-electron chi connectivity index (χ2n) is 4.87. The van der Waals surface area contributed by atoms with Crippen molar-refractivity contribution in [1.82, 2.24) is 15.4 Å². The van der Waals surface area contributed by atoms with Gasteiger partial charge in [-0.25, -0.2) is 9.97 Å². The Morgan fingerprint density at radius 1 is 1.18 bits per heavy atom. The molecule has 116 valence electrons. The molecule has 7 nitrogen and oxygen atoms in total. The predicted molar refractivity (Wildman–Crippen MR) is 87.7 cm³/mol. The molecule has 0 aliphatic carbocycles. The summed E-state index contributed by atoms with van der Waals surface area (Å²) < 4.78 is 0. The van der Waals surface area contributed by atoms with Crippen molar-refractivity contribution < 1.29 is 4.79 Å². The van der Waals surface area contributed by atoms with Gasteiger partial charge in [0.15, 0.2) is 11.6 Å². The fourth-order valence-corrected chi connectivity index (χ4v) is 1.80. The minimum absolute atomic E-state index is 0.175. The third kappa shape index (κ3) is 3.98. The Kier molecular flexibility index (Phi) is 5.00. The van der Waals surface area contributed by atoms with Crippen molar-refractivity contribution in [3.8, 4) is 0 Å². The molecule has 0 spiro atoms. The van der Waals surface area contributed by atoms with E-state index in [2.05, 4.69) is 26.1 Å². The van der Waals surface area contributed by atoms with E-state index in [1.54, 1.807) is 24.3 Å². The molecule has 0 bridgehead atoms. The van der Waals surface area contributed by atoms with E-state index in [9.17, 15) is 4.79 Å². The molecule has 0 atom stereocenters. The Bertz CT molecular complexity index is 659. The van der Waals surface area contributed by atoms with Gasteiger partial charge in [0.25, 0.3) is 5.91 Å². The van der Waals surface area contributed by atoms with Gasteiger partial charge in [0.05, 0.1) is 0 Å². The fourth-order valence-electron chi connectivity index (χ4n) is 1.67. The quantitative estimate of drug-likeness (QED) is 0.630. The number of carbonyl (C=O) groups is 1. The number of carbonyl (C=O) groups excluding carboxylic acids is 1. The molecule has 2 aromatic rings. The Morgan fingerprint density at radius 2 is 1.82 bits per heavy atom. The summed E-state index contributed by atoms with van der Waals surface area (Å²) in [6.07, 6.45) is 1.36. The summed E-state index contributed by atoms with van der Waals surface area (Å²) in [5.41, 5.74) is 12.0. The number of amides is 1. The van der Waals surface area contributed by atoms with Gasteiger partial charge in [-0.3, -0.25) is 15.6 Å². The van der Waals surface area contributed by atoms with Gasteiger partial charge >= 0.3 is 0 Å². The maximum Gasteiger partial charge on any atom is 0.269 e. The van der Waals surface area contributed by atoms with Crippen LogP contribution < -0.4 is 21.9 Å². The maximum atomic E-state index is 12.0. The lowest BCUT2D eigenvalue weighted by Gasteiger charge is -2.14. The summed E-state index contributed by atoms with van der Waals surface area (Å²) >= 11 is 5.78. The van der Waals surface area contributed by atoms with Crippen LogP contribution >= 0.6 is 11.6 Å². The Balaban J connectivity index is 2.05. The normalized spacial score (nSPS) is 10.4. The van der Waals surface area contributed by atoms with Crippen molar-refractivity contribution in [2.24, 2.45) is 0 Å². The monoisotopic (exact) mass is 320 g/mol. The van der Waals surface area contributed by atoms with Crippen molar-refractivity contribution in [3.63, 3.8) is 0 Å². The number of hydrogen-bond acceptors (Lipinski definition) is 6. The minimum Gasteiger partial charge on any atom is -0.393 e. The first-order chi connectivity index (χ1) is 10.5. The van der Waals surface area contributed by atoms with E-state index in [0.29, 0.717) is 27.9 Å². The third-order valence-electron chi connectivity index (χ3n) is 2.71. The molecule has 0 unspecified atom stereocenters. The molecule has 0 aliphatic heterocycles. The van der Waals surface area contributed by atoms with E-state index in [0.717, 1.165) is 0 Å². The Labute approximate surface area is 133 Å². The van der Waals surface area contributed by atoms with Gasteiger partial charge in [-0.05, 0) is 38.1 Å². The van der Waals surface area contributed by atoms with Crippen molar-refractivity contribution >= 4 is 34.8 Å². The molecule has 1 amide bonds. The zero-order valence-electron chi connectivity index (χ0n) is 12.2. The van der Waals surface area contributed by atoms with Gasteiger partial charge in [0.1, 0.15) is 12.0 Å². The molecule has 5 N–H and O–H groups in total. The van der Waals surface area contributed by atoms with Gasteiger partial charge in [-0.15, -0.1) is 0 Å². The number of hydrazine groups is 1. The second-order valence-corrected chi connectivity index (χ2v) is 5.31. The highest BCUT2D eigenvalue weighted by Crippen LogP contribution is 2.22. The van der Waals surface area contributed by atoms with Crippen LogP contribution in [0.15, 0.2) is 30.6 Å². The maximum absolute atomic E-state index is 12.0. The van der Waals surface area contributed by atoms with Gasteiger partial charge in [-0.2, -0.15) is 0 Å². The molecule has 1 aromatic carbocycles. The Morgan fingerprint density at radius 3 is 2.45 bits per heavy atom. The number of nitrogens with one attached hydrogen (secondary N) is 3.